The number of hydrogen-bond acceptors (Lipinski definition) is 6. The van der Waals surface area contributed by atoms with Crippen molar-refractivity contribution in [1.29, 1.82) is 0 Å². The van der Waals surface area contributed by atoms with Gasteiger partial charge in [0, 0.05) is 22.3 Å². The molecule has 2 fully saturated rings. The van der Waals surface area contributed by atoms with E-state index in [2.05, 4.69) is 75.8 Å². The minimum Gasteiger partial charge on any atom is -0.399 e. The molecule has 2 N–H and O–H groups in total. The molecule has 4 heterocycles. The second kappa shape index (κ2) is 7.45. The van der Waals surface area contributed by atoms with E-state index in [0.717, 1.165) is 33.7 Å². The fraction of sp³-hybridized carbons (Fsp3) is 0.727. The Labute approximate surface area is 191 Å². The molecule has 174 valence electrons. The Hall–Kier alpha value is -1.61. The Morgan fingerprint density at radius 3 is 1.16 bits per heavy atom. The van der Waals surface area contributed by atoms with E-state index >= 15 is 0 Å². The molecule has 0 amide bonds. The highest BCUT2D eigenvalue weighted by molar-refractivity contribution is 6.63. The van der Waals surface area contributed by atoms with Crippen molar-refractivity contribution in [1.82, 2.24) is 20.4 Å². The van der Waals surface area contributed by atoms with Gasteiger partial charge in [-0.2, -0.15) is 10.2 Å². The Balaban J connectivity index is 1.55. The maximum atomic E-state index is 6.29. The molecule has 32 heavy (non-hydrogen) atoms. The van der Waals surface area contributed by atoms with Crippen molar-refractivity contribution in [3.05, 3.63) is 22.8 Å². The molecular weight excluding hydrogens is 406 g/mol. The van der Waals surface area contributed by atoms with Gasteiger partial charge in [-0.3, -0.25) is 10.2 Å². The van der Waals surface area contributed by atoms with Crippen LogP contribution in [0, 0.1) is 13.8 Å². The van der Waals surface area contributed by atoms with Gasteiger partial charge in [-0.25, -0.2) is 0 Å². The second-order valence-electron chi connectivity index (χ2n) is 11.1. The Morgan fingerprint density at radius 2 is 0.875 bits per heavy atom. The molecule has 0 radical (unpaired) electrons. The van der Waals surface area contributed by atoms with E-state index in [-0.39, 0.29) is 0 Å². The Kier molecular flexibility index (Phi) is 5.48. The first-order valence-corrected chi connectivity index (χ1v) is 11.4. The molecule has 0 unspecified atom stereocenters. The summed E-state index contributed by atoms with van der Waals surface area (Å²) in [4.78, 5) is 0. The lowest BCUT2D eigenvalue weighted by atomic mass is 9.74. The zero-order valence-corrected chi connectivity index (χ0v) is 21.1. The van der Waals surface area contributed by atoms with Crippen LogP contribution >= 0.6 is 0 Å². The molecule has 2 saturated heterocycles. The first-order chi connectivity index (χ1) is 14.7. The fourth-order valence-corrected chi connectivity index (χ4v) is 4.14. The summed E-state index contributed by atoms with van der Waals surface area (Å²) >= 11 is 0. The molecule has 0 bridgehead atoms. The van der Waals surface area contributed by atoms with E-state index in [1.807, 2.05) is 13.8 Å². The van der Waals surface area contributed by atoms with Crippen LogP contribution in [0.4, 0.5) is 0 Å². The van der Waals surface area contributed by atoms with E-state index in [0.29, 0.717) is 12.8 Å². The van der Waals surface area contributed by atoms with Gasteiger partial charge in [0.05, 0.1) is 33.8 Å². The molecule has 0 aliphatic carbocycles. The zero-order chi connectivity index (χ0) is 23.7. The van der Waals surface area contributed by atoms with E-state index in [9.17, 15) is 0 Å². The lowest BCUT2D eigenvalue weighted by molar-refractivity contribution is 0.00578. The fourth-order valence-electron chi connectivity index (χ4n) is 4.14. The molecule has 10 heteroatoms. The van der Waals surface area contributed by atoms with Crippen LogP contribution in [0.15, 0.2) is 0 Å². The Morgan fingerprint density at radius 1 is 0.594 bits per heavy atom. The number of aromatic amines is 2. The summed E-state index contributed by atoms with van der Waals surface area (Å²) < 4.78 is 25.2. The van der Waals surface area contributed by atoms with Crippen molar-refractivity contribution in [3.63, 3.8) is 0 Å². The lowest BCUT2D eigenvalue weighted by Crippen LogP contribution is -2.41. The molecule has 2 aliphatic rings. The van der Waals surface area contributed by atoms with E-state index in [1.165, 1.54) is 0 Å². The number of nitrogens with one attached hydrogen (secondary N) is 2. The van der Waals surface area contributed by atoms with Gasteiger partial charge in [-0.05, 0) is 82.1 Å². The van der Waals surface area contributed by atoms with Crippen LogP contribution < -0.4 is 10.9 Å². The van der Waals surface area contributed by atoms with Gasteiger partial charge in [0.2, 0.25) is 0 Å². The number of hydrogen-bond donors (Lipinski definition) is 2. The Bertz CT molecular complexity index is 899. The largest absolute Gasteiger partial charge is 0.498 e. The van der Waals surface area contributed by atoms with Crippen LogP contribution in [-0.2, 0) is 31.5 Å². The van der Waals surface area contributed by atoms with Gasteiger partial charge in [-0.1, -0.05) is 0 Å². The van der Waals surface area contributed by atoms with Gasteiger partial charge >= 0.3 is 14.2 Å². The highest BCUT2D eigenvalue weighted by Gasteiger charge is 2.54. The topological polar surface area (TPSA) is 94.3 Å². The van der Waals surface area contributed by atoms with Gasteiger partial charge in [-0.15, -0.1) is 0 Å². The van der Waals surface area contributed by atoms with E-state index in [4.69, 9.17) is 18.6 Å². The van der Waals surface area contributed by atoms with Gasteiger partial charge in [0.15, 0.2) is 0 Å². The monoisotopic (exact) mass is 442 g/mol. The van der Waals surface area contributed by atoms with Crippen LogP contribution in [0.2, 0.25) is 0 Å². The maximum Gasteiger partial charge on any atom is 0.498 e. The van der Waals surface area contributed by atoms with Crippen LogP contribution in [-0.4, -0.2) is 57.0 Å². The highest BCUT2D eigenvalue weighted by atomic mass is 16.7. The van der Waals surface area contributed by atoms with Gasteiger partial charge < -0.3 is 18.6 Å². The summed E-state index contributed by atoms with van der Waals surface area (Å²) in [5.41, 5.74) is 4.14. The van der Waals surface area contributed by atoms with Crippen LogP contribution in [0.3, 0.4) is 0 Å². The number of nitrogens with zero attached hydrogens (tertiary/aromatic N) is 2. The molecule has 0 spiro atoms. The SMILES string of the molecule is Cc1[nH]nc(CCc2n[nH]c(C)c2B2OC(C)(C)C(C)(C)O2)c1B1OC(C)(C)C(C)(C)O1. The van der Waals surface area contributed by atoms with Crippen molar-refractivity contribution < 1.29 is 18.6 Å². The minimum atomic E-state index is -0.447. The third-order valence-corrected chi connectivity index (χ3v) is 7.72. The normalized spacial score (nSPS) is 23.3. The smallest absolute Gasteiger partial charge is 0.399 e. The van der Waals surface area contributed by atoms with Crippen molar-refractivity contribution >= 4 is 25.2 Å². The number of aryl methyl sites for hydroxylation is 4. The van der Waals surface area contributed by atoms with Crippen molar-refractivity contribution in [2.45, 2.75) is 104 Å². The summed E-state index contributed by atoms with van der Waals surface area (Å²) in [6, 6.07) is 0. The number of rotatable bonds is 5. The summed E-state index contributed by atoms with van der Waals surface area (Å²) in [6.07, 6.45) is 1.39. The molecule has 2 aromatic heterocycles. The number of aromatic nitrogens is 4. The third kappa shape index (κ3) is 3.75. The summed E-state index contributed by atoms with van der Waals surface area (Å²) in [5, 5.41) is 15.4. The molecule has 2 aliphatic heterocycles. The first kappa shape index (κ1) is 23.5. The van der Waals surface area contributed by atoms with Crippen LogP contribution in [0.5, 0.6) is 0 Å². The molecule has 0 atom stereocenters. The molecule has 0 aromatic carbocycles. The predicted octanol–water partition coefficient (Wildman–Crippen LogP) is 2.13. The summed E-state index contributed by atoms with van der Waals surface area (Å²) in [7, 11) is -0.894. The third-order valence-electron chi connectivity index (χ3n) is 7.72. The average Bonchev–Trinajstić information content (AvgIpc) is 3.30. The van der Waals surface area contributed by atoms with E-state index < -0.39 is 36.6 Å². The van der Waals surface area contributed by atoms with Gasteiger partial charge in [0.25, 0.3) is 0 Å². The summed E-state index contributed by atoms with van der Waals surface area (Å²) in [6.45, 7) is 20.5. The standard InChI is InChI=1S/C22H36B2N4O4/c1-13-17(23-29-19(3,4)20(5,6)30-23)15(27-25-13)11-12-16-18(14(2)26-28-16)24-31-21(7,8)22(9,10)32-24/h11-12H2,1-10H3,(H,25,27)(H,26,28). The summed E-state index contributed by atoms with van der Waals surface area (Å²) in [5.74, 6) is 0. The second-order valence-corrected chi connectivity index (χ2v) is 11.1. The van der Waals surface area contributed by atoms with Crippen LogP contribution in [0.1, 0.15) is 78.2 Å². The molecule has 8 nitrogen and oxygen atoms in total. The highest BCUT2D eigenvalue weighted by Crippen LogP contribution is 2.38. The molecular formula is C22H36B2N4O4. The van der Waals surface area contributed by atoms with Crippen molar-refractivity contribution in [2.24, 2.45) is 0 Å². The van der Waals surface area contributed by atoms with Crippen molar-refractivity contribution in [2.75, 3.05) is 0 Å². The molecule has 0 saturated carbocycles. The first-order valence-electron chi connectivity index (χ1n) is 11.4. The van der Waals surface area contributed by atoms with Crippen LogP contribution in [0.25, 0.3) is 0 Å². The van der Waals surface area contributed by atoms with Crippen molar-refractivity contribution in [3.8, 4) is 0 Å². The average molecular weight is 442 g/mol. The van der Waals surface area contributed by atoms with Gasteiger partial charge in [0.1, 0.15) is 0 Å². The predicted molar refractivity (Wildman–Crippen MR) is 125 cm³/mol. The lowest BCUT2D eigenvalue weighted by Gasteiger charge is -2.32. The molecule has 2 aromatic rings. The number of H-pyrrole nitrogens is 2. The maximum absolute atomic E-state index is 6.29. The zero-order valence-electron chi connectivity index (χ0n) is 21.1. The quantitative estimate of drug-likeness (QED) is 0.690. The molecule has 4 rings (SSSR count). The minimum absolute atomic E-state index is 0.401. The van der Waals surface area contributed by atoms with E-state index in [1.54, 1.807) is 0 Å².